The second kappa shape index (κ2) is 7.43. The lowest BCUT2D eigenvalue weighted by atomic mass is 9.48. The van der Waals surface area contributed by atoms with Crippen LogP contribution in [0, 0.1) is 5.92 Å². The van der Waals surface area contributed by atoms with Gasteiger partial charge in [0.05, 0.1) is 17.0 Å². The Kier molecular flexibility index (Phi) is 4.78. The van der Waals surface area contributed by atoms with Crippen LogP contribution in [0.5, 0.6) is 11.5 Å². The standard InChI is InChI=1S/C26H26N2O5.ClH/c29-18-4-3-17-13-20-26(33-24(31)16-6-10-27-11-7-16)8-5-19(30)23-25(26,21(17)22(18)32-23)9-12-28(20)14-15-1-2-15;/h3-4,6-7,10-11,15,20,23,29H,1-2,5,8-9,12-14H2;1H/t20-,23+,25+,26-;/m1./s1. The molecule has 4 atom stereocenters. The third kappa shape index (κ3) is 2.71. The number of hydrogen-bond acceptors (Lipinski definition) is 7. The highest BCUT2D eigenvalue weighted by molar-refractivity contribution is 5.92. The lowest BCUT2D eigenvalue weighted by Gasteiger charge is -2.63. The number of phenols is 1. The van der Waals surface area contributed by atoms with E-state index in [1.165, 1.54) is 12.8 Å². The average Bonchev–Trinajstić information content (AvgIpc) is 3.57. The molecule has 0 unspecified atom stereocenters. The fourth-order valence-electron chi connectivity index (χ4n) is 7.16. The molecule has 0 radical (unpaired) electrons. The van der Waals surface area contributed by atoms with Gasteiger partial charge in [-0.05, 0) is 68.3 Å². The predicted octanol–water partition coefficient (Wildman–Crippen LogP) is 3.21. The molecule has 2 aromatic rings. The third-order valence-corrected chi connectivity index (χ3v) is 8.71. The number of carbonyl (C=O) groups is 2. The number of benzene rings is 1. The third-order valence-electron chi connectivity index (χ3n) is 8.71. The first-order chi connectivity index (χ1) is 16.0. The van der Waals surface area contributed by atoms with Crippen LogP contribution < -0.4 is 4.74 Å². The topological polar surface area (TPSA) is 89.0 Å². The van der Waals surface area contributed by atoms with Gasteiger partial charge < -0.3 is 14.6 Å². The van der Waals surface area contributed by atoms with Crippen molar-refractivity contribution < 1.29 is 24.2 Å². The second-order valence-corrected chi connectivity index (χ2v) is 10.3. The van der Waals surface area contributed by atoms with Crippen molar-refractivity contribution in [2.24, 2.45) is 5.92 Å². The summed E-state index contributed by atoms with van der Waals surface area (Å²) in [7, 11) is 0. The van der Waals surface area contributed by atoms with E-state index in [2.05, 4.69) is 9.88 Å². The summed E-state index contributed by atoms with van der Waals surface area (Å²) in [4.78, 5) is 33.2. The molecule has 34 heavy (non-hydrogen) atoms. The fraction of sp³-hybridized carbons (Fsp3) is 0.500. The maximum Gasteiger partial charge on any atom is 0.338 e. The van der Waals surface area contributed by atoms with Crippen molar-refractivity contribution in [1.82, 2.24) is 9.88 Å². The van der Waals surface area contributed by atoms with Gasteiger partial charge in [-0.25, -0.2) is 4.79 Å². The van der Waals surface area contributed by atoms with Gasteiger partial charge in [-0.1, -0.05) is 6.07 Å². The number of Topliss-reactive ketones (excluding diaryl/α,β-unsaturated/α-hetero) is 1. The number of carbonyl (C=O) groups excluding carboxylic acids is 2. The number of aromatic hydroxyl groups is 1. The molecule has 2 bridgehead atoms. The molecule has 5 aliphatic rings. The first-order valence-electron chi connectivity index (χ1n) is 12.0. The van der Waals surface area contributed by atoms with Gasteiger partial charge in [0.2, 0.25) is 0 Å². The molecule has 2 aliphatic heterocycles. The number of piperidine rings is 1. The first-order valence-corrected chi connectivity index (χ1v) is 12.0. The van der Waals surface area contributed by atoms with E-state index >= 15 is 0 Å². The lowest BCUT2D eigenvalue weighted by Crippen LogP contribution is -2.77. The van der Waals surface area contributed by atoms with Gasteiger partial charge in [0.15, 0.2) is 23.4 Å². The van der Waals surface area contributed by atoms with E-state index in [9.17, 15) is 14.7 Å². The minimum Gasteiger partial charge on any atom is -0.504 e. The summed E-state index contributed by atoms with van der Waals surface area (Å²) in [6.07, 6.45) is 7.09. The number of halogens is 1. The van der Waals surface area contributed by atoms with E-state index in [0.717, 1.165) is 24.2 Å². The normalized spacial score (nSPS) is 32.9. The molecule has 178 valence electrons. The SMILES string of the molecule is Cl.O=C(O[C@@]12CCC(=O)[C@@H]3Oc4c(O)ccc5c4[C@@]31CCN(CC1CC1)[C@@H]2C5)c1ccncc1. The first kappa shape index (κ1) is 21.9. The number of aromatic nitrogens is 1. The fourth-order valence-corrected chi connectivity index (χ4v) is 7.16. The van der Waals surface area contributed by atoms with E-state index < -0.39 is 17.1 Å². The number of hydrogen-bond donors (Lipinski definition) is 1. The number of rotatable bonds is 4. The van der Waals surface area contributed by atoms with Crippen LogP contribution in [0.1, 0.15) is 53.6 Å². The minimum absolute atomic E-state index is 0. The van der Waals surface area contributed by atoms with E-state index in [-0.39, 0.29) is 36.0 Å². The minimum atomic E-state index is -0.884. The molecular formula is C26H27ClN2O5. The van der Waals surface area contributed by atoms with Crippen molar-refractivity contribution in [2.75, 3.05) is 13.1 Å². The van der Waals surface area contributed by atoms with Crippen LogP contribution in [0.25, 0.3) is 0 Å². The molecule has 3 aliphatic carbocycles. The molecule has 0 amide bonds. The van der Waals surface area contributed by atoms with Crippen LogP contribution in [0.4, 0.5) is 0 Å². The smallest absolute Gasteiger partial charge is 0.338 e. The summed E-state index contributed by atoms with van der Waals surface area (Å²) in [5.74, 6) is 0.804. The van der Waals surface area contributed by atoms with Crippen LogP contribution in [0.3, 0.4) is 0 Å². The van der Waals surface area contributed by atoms with Gasteiger partial charge >= 0.3 is 5.97 Å². The van der Waals surface area contributed by atoms with Gasteiger partial charge in [-0.15, -0.1) is 12.4 Å². The number of ether oxygens (including phenoxy) is 2. The van der Waals surface area contributed by atoms with E-state index in [1.54, 1.807) is 30.6 Å². The van der Waals surface area contributed by atoms with Crippen LogP contribution in [-0.4, -0.2) is 57.6 Å². The van der Waals surface area contributed by atoms with Gasteiger partial charge in [0.25, 0.3) is 0 Å². The van der Waals surface area contributed by atoms with E-state index in [0.29, 0.717) is 42.9 Å². The van der Waals surface area contributed by atoms with Crippen LogP contribution in [-0.2, 0) is 21.4 Å². The molecule has 2 saturated carbocycles. The Morgan fingerprint density at radius 2 is 2.00 bits per heavy atom. The monoisotopic (exact) mass is 482 g/mol. The van der Waals surface area contributed by atoms with Crippen molar-refractivity contribution in [3.8, 4) is 11.5 Å². The van der Waals surface area contributed by atoms with E-state index in [4.69, 9.17) is 9.47 Å². The molecular weight excluding hydrogens is 456 g/mol. The molecule has 3 fully saturated rings. The van der Waals surface area contributed by atoms with Gasteiger partial charge in [-0.2, -0.15) is 0 Å². The molecule has 7 rings (SSSR count). The zero-order chi connectivity index (χ0) is 22.4. The lowest BCUT2D eigenvalue weighted by molar-refractivity contribution is -0.190. The van der Waals surface area contributed by atoms with Crippen LogP contribution >= 0.6 is 12.4 Å². The van der Waals surface area contributed by atoms with E-state index in [1.807, 2.05) is 6.07 Å². The maximum atomic E-state index is 13.5. The Morgan fingerprint density at radius 3 is 2.76 bits per heavy atom. The molecule has 1 aromatic heterocycles. The number of pyridine rings is 1. The number of phenolic OH excluding ortho intramolecular Hbond substituents is 1. The highest BCUT2D eigenvalue weighted by Crippen LogP contribution is 2.66. The quantitative estimate of drug-likeness (QED) is 0.669. The largest absolute Gasteiger partial charge is 0.504 e. The Balaban J connectivity index is 0.00000217. The summed E-state index contributed by atoms with van der Waals surface area (Å²) in [6, 6.07) is 6.93. The molecule has 3 heterocycles. The molecule has 1 aromatic carbocycles. The average molecular weight is 483 g/mol. The van der Waals surface area contributed by atoms with Crippen molar-refractivity contribution in [2.45, 2.75) is 61.7 Å². The maximum absolute atomic E-state index is 13.5. The van der Waals surface area contributed by atoms with Gasteiger partial charge in [0, 0.05) is 30.9 Å². The Bertz CT molecular complexity index is 1190. The summed E-state index contributed by atoms with van der Waals surface area (Å²) in [6.45, 7) is 1.83. The highest BCUT2D eigenvalue weighted by Gasteiger charge is 2.75. The molecule has 7 nitrogen and oxygen atoms in total. The van der Waals surface area contributed by atoms with Crippen LogP contribution in [0.15, 0.2) is 36.7 Å². The predicted molar refractivity (Wildman–Crippen MR) is 124 cm³/mol. The number of esters is 1. The Morgan fingerprint density at radius 1 is 1.21 bits per heavy atom. The summed E-state index contributed by atoms with van der Waals surface area (Å²) >= 11 is 0. The van der Waals surface area contributed by atoms with Crippen molar-refractivity contribution in [1.29, 1.82) is 0 Å². The zero-order valence-corrected chi connectivity index (χ0v) is 19.6. The summed E-state index contributed by atoms with van der Waals surface area (Å²) in [5.41, 5.74) is 0.797. The zero-order valence-electron chi connectivity index (χ0n) is 18.7. The van der Waals surface area contributed by atoms with Crippen molar-refractivity contribution in [3.05, 3.63) is 53.3 Å². The number of ketones is 1. The highest BCUT2D eigenvalue weighted by atomic mass is 35.5. The number of likely N-dealkylation sites (tertiary alicyclic amines) is 1. The van der Waals surface area contributed by atoms with Gasteiger partial charge in [0.1, 0.15) is 5.60 Å². The Labute approximate surface area is 203 Å². The number of nitrogens with zero attached hydrogens (tertiary/aromatic N) is 2. The second-order valence-electron chi connectivity index (χ2n) is 10.3. The molecule has 1 N–H and O–H groups in total. The van der Waals surface area contributed by atoms with Gasteiger partial charge in [-0.3, -0.25) is 14.7 Å². The summed E-state index contributed by atoms with van der Waals surface area (Å²) in [5, 5.41) is 10.7. The molecule has 1 saturated heterocycles. The van der Waals surface area contributed by atoms with Crippen LogP contribution in [0.2, 0.25) is 0 Å². The van der Waals surface area contributed by atoms with Crippen molar-refractivity contribution >= 4 is 24.2 Å². The Hall–Kier alpha value is -2.64. The molecule has 8 heteroatoms. The van der Waals surface area contributed by atoms with Crippen molar-refractivity contribution in [3.63, 3.8) is 0 Å². The summed E-state index contributed by atoms with van der Waals surface area (Å²) < 4.78 is 12.8. The molecule has 1 spiro atoms.